The van der Waals surface area contributed by atoms with Gasteiger partial charge in [-0.15, -0.1) is 0 Å². The summed E-state index contributed by atoms with van der Waals surface area (Å²) in [4.78, 5) is 8.56. The summed E-state index contributed by atoms with van der Waals surface area (Å²) in [5, 5.41) is 9.07. The molecule has 0 aliphatic carbocycles. The Kier molecular flexibility index (Phi) is 3.72. The van der Waals surface area contributed by atoms with Crippen molar-refractivity contribution < 1.29 is 32.1 Å². The highest BCUT2D eigenvalue weighted by molar-refractivity contribution is 7.38. The van der Waals surface area contributed by atoms with Crippen LogP contribution in [0, 0.1) is 5.82 Å². The molecule has 2 N–H and O–H groups in total. The molecule has 0 aromatic heterocycles. The van der Waals surface area contributed by atoms with Gasteiger partial charge >= 0.3 is 6.18 Å². The van der Waals surface area contributed by atoms with Crippen molar-refractivity contribution in [3.05, 3.63) is 35.1 Å². The van der Waals surface area contributed by atoms with Gasteiger partial charge in [0.25, 0.3) is 0 Å². The summed E-state index contributed by atoms with van der Waals surface area (Å²) in [5.41, 5.74) is -2.02. The molecule has 2 unspecified atom stereocenters. The van der Waals surface area contributed by atoms with Gasteiger partial charge in [-0.25, -0.2) is 4.39 Å². The Morgan fingerprint density at radius 3 is 2.31 bits per heavy atom. The summed E-state index contributed by atoms with van der Waals surface area (Å²) < 4.78 is 60.0. The number of hydrogen-bond donors (Lipinski definition) is 2. The second-order valence-electron chi connectivity index (χ2n) is 2.98. The fourth-order valence-corrected chi connectivity index (χ4v) is 1.54. The maximum absolute atomic E-state index is 12.8. The number of rotatable bonds is 2. The second-order valence-corrected chi connectivity index (χ2v) is 4.20. The molecule has 0 saturated carbocycles. The zero-order chi connectivity index (χ0) is 12.5. The normalized spacial score (nSPS) is 15.9. The molecule has 3 nitrogen and oxygen atoms in total. The van der Waals surface area contributed by atoms with Crippen molar-refractivity contribution in [2.24, 2.45) is 0 Å². The van der Waals surface area contributed by atoms with Gasteiger partial charge in [0.1, 0.15) is 5.82 Å². The van der Waals surface area contributed by atoms with Gasteiger partial charge in [-0.3, -0.25) is 4.57 Å². The predicted octanol–water partition coefficient (Wildman–Crippen LogP) is 2.30. The maximum atomic E-state index is 12.8. The molecule has 2 atom stereocenters. The van der Waals surface area contributed by atoms with Crippen LogP contribution < -0.4 is 0 Å². The van der Waals surface area contributed by atoms with Gasteiger partial charge in [0.15, 0.2) is 5.85 Å². The van der Waals surface area contributed by atoms with Gasteiger partial charge in [-0.05, 0) is 17.7 Å². The Hall–Kier alpha value is -0.910. The first-order chi connectivity index (χ1) is 7.23. The zero-order valence-corrected chi connectivity index (χ0v) is 8.62. The molecule has 0 spiro atoms. The molecular weight excluding hydrogens is 251 g/mol. The molecular formula is C8H7F4O3P. The van der Waals surface area contributed by atoms with Crippen molar-refractivity contribution in [2.75, 3.05) is 0 Å². The third-order valence-electron chi connectivity index (χ3n) is 1.85. The van der Waals surface area contributed by atoms with Crippen LogP contribution in [-0.4, -0.2) is 10.00 Å². The van der Waals surface area contributed by atoms with Crippen molar-refractivity contribution in [1.29, 1.82) is 0 Å². The number of alkyl halides is 3. The Labute approximate surface area is 88.2 Å². The van der Waals surface area contributed by atoms with Gasteiger partial charge in [-0.2, -0.15) is 13.2 Å². The molecule has 0 saturated heterocycles. The summed E-state index contributed by atoms with van der Waals surface area (Å²) in [6.07, 6.45) is -4.91. The number of aliphatic hydroxyl groups is 1. The lowest BCUT2D eigenvalue weighted by molar-refractivity contribution is -0.140. The summed E-state index contributed by atoms with van der Waals surface area (Å²) in [5.74, 6) is -3.42. The smallest absolute Gasteiger partial charge is 0.378 e. The van der Waals surface area contributed by atoms with E-state index in [0.29, 0.717) is 12.1 Å². The van der Waals surface area contributed by atoms with Crippen LogP contribution >= 0.6 is 8.03 Å². The van der Waals surface area contributed by atoms with Crippen LogP contribution in [0.4, 0.5) is 17.6 Å². The SMILES string of the molecule is O=[PH](O)C(O)c1ccc(F)c(C(F)(F)F)c1. The minimum absolute atomic E-state index is 0.318. The van der Waals surface area contributed by atoms with Crippen LogP contribution in [0.5, 0.6) is 0 Å². The molecule has 0 amide bonds. The monoisotopic (exact) mass is 258 g/mol. The Balaban J connectivity index is 3.23. The van der Waals surface area contributed by atoms with Crippen molar-refractivity contribution in [1.82, 2.24) is 0 Å². The number of hydrogen-bond acceptors (Lipinski definition) is 2. The summed E-state index contributed by atoms with van der Waals surface area (Å²) in [6, 6.07) is 1.64. The van der Waals surface area contributed by atoms with E-state index in [4.69, 9.17) is 10.00 Å². The van der Waals surface area contributed by atoms with Gasteiger partial charge in [0.2, 0.25) is 8.03 Å². The molecule has 1 aromatic rings. The highest BCUT2D eigenvalue weighted by atomic mass is 31.1. The van der Waals surface area contributed by atoms with E-state index in [1.54, 1.807) is 0 Å². The Morgan fingerprint density at radius 2 is 1.88 bits per heavy atom. The van der Waals surface area contributed by atoms with Crippen molar-refractivity contribution in [3.8, 4) is 0 Å². The van der Waals surface area contributed by atoms with Gasteiger partial charge in [0, 0.05) is 0 Å². The van der Waals surface area contributed by atoms with E-state index in [0.717, 1.165) is 6.07 Å². The van der Waals surface area contributed by atoms with Crippen molar-refractivity contribution in [2.45, 2.75) is 12.0 Å². The molecule has 16 heavy (non-hydrogen) atoms. The molecule has 1 rings (SSSR count). The summed E-state index contributed by atoms with van der Waals surface area (Å²) in [6.45, 7) is 0. The van der Waals surface area contributed by atoms with Crippen LogP contribution in [0.15, 0.2) is 18.2 Å². The Morgan fingerprint density at radius 1 is 1.31 bits per heavy atom. The standard InChI is InChI=1S/C8H7F4O3P/c9-6-2-1-4(7(13)16(14)15)3-5(6)8(10,11)12/h1-3,7,13,16H,(H,14,15). The van der Waals surface area contributed by atoms with E-state index in [1.807, 2.05) is 0 Å². The fraction of sp³-hybridized carbons (Fsp3) is 0.250. The lowest BCUT2D eigenvalue weighted by atomic mass is 10.1. The molecule has 0 aliphatic heterocycles. The fourth-order valence-electron chi connectivity index (χ4n) is 1.07. The highest BCUT2D eigenvalue weighted by Gasteiger charge is 2.34. The lowest BCUT2D eigenvalue weighted by Crippen LogP contribution is -2.09. The molecule has 0 fully saturated rings. The third kappa shape index (κ3) is 2.81. The van der Waals surface area contributed by atoms with Crippen LogP contribution in [0.2, 0.25) is 0 Å². The van der Waals surface area contributed by atoms with Gasteiger partial charge in [-0.1, -0.05) is 6.07 Å². The first kappa shape index (κ1) is 13.2. The molecule has 0 bridgehead atoms. The highest BCUT2D eigenvalue weighted by Crippen LogP contribution is 2.38. The lowest BCUT2D eigenvalue weighted by Gasteiger charge is -2.12. The van der Waals surface area contributed by atoms with Crippen LogP contribution in [0.3, 0.4) is 0 Å². The number of aliphatic hydroxyl groups excluding tert-OH is 1. The minimum atomic E-state index is -4.91. The average molecular weight is 258 g/mol. The maximum Gasteiger partial charge on any atom is 0.419 e. The Bertz CT molecular complexity index is 418. The summed E-state index contributed by atoms with van der Waals surface area (Å²) >= 11 is 0. The van der Waals surface area contributed by atoms with Crippen molar-refractivity contribution in [3.63, 3.8) is 0 Å². The zero-order valence-electron chi connectivity index (χ0n) is 7.62. The number of benzene rings is 1. The van der Waals surface area contributed by atoms with Crippen molar-refractivity contribution >= 4 is 8.03 Å². The third-order valence-corrected chi connectivity index (χ3v) is 2.65. The predicted molar refractivity (Wildman–Crippen MR) is 47.6 cm³/mol. The average Bonchev–Trinajstić information content (AvgIpc) is 2.15. The van der Waals surface area contributed by atoms with Crippen LogP contribution in [-0.2, 0) is 10.7 Å². The number of halogens is 4. The second kappa shape index (κ2) is 4.53. The molecule has 8 heteroatoms. The van der Waals surface area contributed by atoms with Crippen LogP contribution in [0.25, 0.3) is 0 Å². The topological polar surface area (TPSA) is 57.5 Å². The summed E-state index contributed by atoms with van der Waals surface area (Å²) in [7, 11) is -3.42. The van der Waals surface area contributed by atoms with E-state index in [9.17, 15) is 22.1 Å². The van der Waals surface area contributed by atoms with E-state index in [1.165, 1.54) is 0 Å². The van der Waals surface area contributed by atoms with Gasteiger partial charge in [0.05, 0.1) is 5.56 Å². The first-order valence-corrected chi connectivity index (χ1v) is 5.44. The van der Waals surface area contributed by atoms with Gasteiger partial charge < -0.3 is 10.00 Å². The van der Waals surface area contributed by atoms with E-state index in [-0.39, 0.29) is 0 Å². The molecule has 0 radical (unpaired) electrons. The van der Waals surface area contributed by atoms with Crippen LogP contribution in [0.1, 0.15) is 17.0 Å². The van der Waals surface area contributed by atoms with E-state index >= 15 is 0 Å². The molecule has 1 aromatic carbocycles. The minimum Gasteiger partial charge on any atom is -0.378 e. The van der Waals surface area contributed by atoms with E-state index in [2.05, 4.69) is 0 Å². The quantitative estimate of drug-likeness (QED) is 0.632. The molecule has 0 heterocycles. The van der Waals surface area contributed by atoms with E-state index < -0.39 is 37.0 Å². The molecule has 0 aliphatic rings. The largest absolute Gasteiger partial charge is 0.419 e. The molecule has 90 valence electrons. The first-order valence-electron chi connectivity index (χ1n) is 4.01.